The number of pyridine rings is 1. The van der Waals surface area contributed by atoms with E-state index in [0.717, 1.165) is 12.1 Å². The molecule has 1 saturated heterocycles. The first-order chi connectivity index (χ1) is 15.8. The third-order valence-electron chi connectivity index (χ3n) is 5.37. The molecule has 2 heterocycles. The lowest BCUT2D eigenvalue weighted by molar-refractivity contribution is -0.137. The Morgan fingerprint density at radius 3 is 2.18 bits per heavy atom. The zero-order chi connectivity index (χ0) is 23.4. The second-order valence-corrected chi connectivity index (χ2v) is 7.58. The maximum absolute atomic E-state index is 12.9. The van der Waals surface area contributed by atoms with Gasteiger partial charge in [0.15, 0.2) is 0 Å². The molecule has 3 aromatic rings. The number of carbonyl (C=O) groups excluding carboxylic acids is 2. The zero-order valence-corrected chi connectivity index (χ0v) is 17.5. The Labute approximate surface area is 188 Å². The number of aromatic nitrogens is 1. The van der Waals surface area contributed by atoms with Crippen LogP contribution in [0.25, 0.3) is 0 Å². The number of nitrogens with zero attached hydrogens (tertiary/aromatic N) is 3. The maximum Gasteiger partial charge on any atom is 0.416 e. The molecule has 33 heavy (non-hydrogen) atoms. The Bertz CT molecular complexity index is 1130. The first-order valence-corrected chi connectivity index (χ1v) is 10.4. The van der Waals surface area contributed by atoms with Gasteiger partial charge in [-0.3, -0.25) is 9.59 Å². The summed E-state index contributed by atoms with van der Waals surface area (Å²) in [6.07, 6.45) is -3.06. The van der Waals surface area contributed by atoms with Crippen LogP contribution >= 0.6 is 0 Å². The van der Waals surface area contributed by atoms with E-state index in [1.165, 1.54) is 18.3 Å². The molecule has 0 radical (unpaired) electrons. The highest BCUT2D eigenvalue weighted by atomic mass is 19.4. The highest BCUT2D eigenvalue weighted by Gasteiger charge is 2.31. The first kappa shape index (κ1) is 22.3. The molecule has 0 saturated carbocycles. The van der Waals surface area contributed by atoms with Crippen LogP contribution in [0.5, 0.6) is 0 Å². The zero-order valence-electron chi connectivity index (χ0n) is 17.5. The molecule has 2 aromatic carbocycles. The van der Waals surface area contributed by atoms with Gasteiger partial charge in [0.1, 0.15) is 5.82 Å². The predicted octanol–water partition coefficient (Wildman–Crippen LogP) is 4.32. The van der Waals surface area contributed by atoms with Crippen LogP contribution in [-0.4, -0.2) is 47.9 Å². The molecule has 170 valence electrons. The highest BCUT2D eigenvalue weighted by molar-refractivity contribution is 6.04. The number of hydrogen-bond donors (Lipinski definition) is 1. The molecule has 0 unspecified atom stereocenters. The molecular formula is C24H21F3N4O2. The molecule has 0 bridgehead atoms. The number of rotatable bonds is 4. The second kappa shape index (κ2) is 9.32. The van der Waals surface area contributed by atoms with Gasteiger partial charge in [0, 0.05) is 37.3 Å². The summed E-state index contributed by atoms with van der Waals surface area (Å²) in [5.74, 6) is 0.0402. The second-order valence-electron chi connectivity index (χ2n) is 7.58. The number of benzene rings is 2. The predicted molar refractivity (Wildman–Crippen MR) is 118 cm³/mol. The summed E-state index contributed by atoms with van der Waals surface area (Å²) >= 11 is 0. The summed E-state index contributed by atoms with van der Waals surface area (Å²) in [6.45, 7) is 2.34. The average molecular weight is 454 g/mol. The summed E-state index contributed by atoms with van der Waals surface area (Å²) in [5.41, 5.74) is 0.0608. The van der Waals surface area contributed by atoms with Crippen molar-refractivity contribution < 1.29 is 22.8 Å². The van der Waals surface area contributed by atoms with E-state index in [4.69, 9.17) is 0 Å². The van der Waals surface area contributed by atoms with Crippen LogP contribution in [0, 0.1) is 0 Å². The topological polar surface area (TPSA) is 65.5 Å². The van der Waals surface area contributed by atoms with Gasteiger partial charge < -0.3 is 15.1 Å². The Morgan fingerprint density at radius 2 is 1.55 bits per heavy atom. The number of halogens is 3. The Balaban J connectivity index is 1.34. The molecule has 1 fully saturated rings. The number of carbonyl (C=O) groups is 2. The van der Waals surface area contributed by atoms with Crippen LogP contribution in [0.1, 0.15) is 26.3 Å². The van der Waals surface area contributed by atoms with E-state index >= 15 is 0 Å². The van der Waals surface area contributed by atoms with Gasteiger partial charge in [0.25, 0.3) is 11.8 Å². The SMILES string of the molecule is O=C(Nc1ccc(N2CCN(C(=O)c3ccccc3)CC2)nc1)c1cccc(C(F)(F)F)c1. The van der Waals surface area contributed by atoms with Crippen molar-refractivity contribution in [3.63, 3.8) is 0 Å². The smallest absolute Gasteiger partial charge is 0.353 e. The van der Waals surface area contributed by atoms with Gasteiger partial charge in [-0.05, 0) is 42.5 Å². The van der Waals surface area contributed by atoms with Crippen LogP contribution in [0.4, 0.5) is 24.7 Å². The first-order valence-electron chi connectivity index (χ1n) is 10.4. The third-order valence-corrected chi connectivity index (χ3v) is 5.37. The van der Waals surface area contributed by atoms with E-state index in [2.05, 4.69) is 10.3 Å². The van der Waals surface area contributed by atoms with Crippen molar-refractivity contribution >= 4 is 23.3 Å². The summed E-state index contributed by atoms with van der Waals surface area (Å²) in [7, 11) is 0. The molecule has 2 amide bonds. The Hall–Kier alpha value is -3.88. The number of nitrogens with one attached hydrogen (secondary N) is 1. The van der Waals surface area contributed by atoms with Crippen LogP contribution < -0.4 is 10.2 Å². The van der Waals surface area contributed by atoms with Crippen molar-refractivity contribution in [2.75, 3.05) is 36.4 Å². The molecular weight excluding hydrogens is 433 g/mol. The molecule has 1 aliphatic rings. The molecule has 4 rings (SSSR count). The van der Waals surface area contributed by atoms with Crippen molar-refractivity contribution in [3.8, 4) is 0 Å². The van der Waals surface area contributed by atoms with E-state index in [9.17, 15) is 22.8 Å². The quantitative estimate of drug-likeness (QED) is 0.638. The molecule has 9 heteroatoms. The number of piperazine rings is 1. The van der Waals surface area contributed by atoms with Gasteiger partial charge in [0.2, 0.25) is 0 Å². The number of alkyl halides is 3. The van der Waals surface area contributed by atoms with Gasteiger partial charge >= 0.3 is 6.18 Å². The molecule has 0 aliphatic carbocycles. The van der Waals surface area contributed by atoms with Gasteiger partial charge in [-0.15, -0.1) is 0 Å². The van der Waals surface area contributed by atoms with E-state index in [1.54, 1.807) is 29.2 Å². The van der Waals surface area contributed by atoms with Crippen LogP contribution in [0.15, 0.2) is 72.9 Å². The summed E-state index contributed by atoms with van der Waals surface area (Å²) in [6, 6.07) is 16.8. The summed E-state index contributed by atoms with van der Waals surface area (Å²) in [4.78, 5) is 33.1. The minimum absolute atomic E-state index is 0.00383. The highest BCUT2D eigenvalue weighted by Crippen LogP contribution is 2.29. The van der Waals surface area contributed by atoms with E-state index in [0.29, 0.717) is 43.2 Å². The van der Waals surface area contributed by atoms with Crippen molar-refractivity contribution in [1.29, 1.82) is 0 Å². The lowest BCUT2D eigenvalue weighted by Crippen LogP contribution is -2.49. The third kappa shape index (κ3) is 5.31. The number of anilines is 2. The fourth-order valence-electron chi connectivity index (χ4n) is 3.59. The molecule has 1 aliphatic heterocycles. The minimum Gasteiger partial charge on any atom is -0.353 e. The van der Waals surface area contributed by atoms with Gasteiger partial charge in [-0.2, -0.15) is 13.2 Å². The van der Waals surface area contributed by atoms with Crippen molar-refractivity contribution in [1.82, 2.24) is 9.88 Å². The van der Waals surface area contributed by atoms with Crippen molar-refractivity contribution in [3.05, 3.63) is 89.6 Å². The van der Waals surface area contributed by atoms with Crippen molar-refractivity contribution in [2.24, 2.45) is 0 Å². The van der Waals surface area contributed by atoms with Crippen LogP contribution in [-0.2, 0) is 6.18 Å². The van der Waals surface area contributed by atoms with Gasteiger partial charge in [-0.1, -0.05) is 24.3 Å². The van der Waals surface area contributed by atoms with Crippen molar-refractivity contribution in [2.45, 2.75) is 6.18 Å². The largest absolute Gasteiger partial charge is 0.416 e. The molecule has 1 aromatic heterocycles. The average Bonchev–Trinajstić information content (AvgIpc) is 2.84. The lowest BCUT2D eigenvalue weighted by atomic mass is 10.1. The fourth-order valence-corrected chi connectivity index (χ4v) is 3.59. The number of hydrogen-bond acceptors (Lipinski definition) is 4. The number of amides is 2. The van der Waals surface area contributed by atoms with E-state index < -0.39 is 17.6 Å². The molecule has 0 spiro atoms. The standard InChI is InChI=1S/C24H21F3N4O2/c25-24(26,27)19-8-4-7-18(15-19)22(32)29-20-9-10-21(28-16-20)30-11-13-31(14-12-30)23(33)17-5-2-1-3-6-17/h1-10,15-16H,11-14H2,(H,29,32). The van der Waals surface area contributed by atoms with E-state index in [1.807, 2.05) is 23.1 Å². The molecule has 0 atom stereocenters. The molecule has 6 nitrogen and oxygen atoms in total. The van der Waals surface area contributed by atoms with Crippen LogP contribution in [0.2, 0.25) is 0 Å². The summed E-state index contributed by atoms with van der Waals surface area (Å²) < 4.78 is 38.6. The summed E-state index contributed by atoms with van der Waals surface area (Å²) in [5, 5.41) is 2.57. The van der Waals surface area contributed by atoms with Gasteiger partial charge in [0.05, 0.1) is 17.4 Å². The monoisotopic (exact) mass is 454 g/mol. The Kier molecular flexibility index (Phi) is 6.30. The van der Waals surface area contributed by atoms with E-state index in [-0.39, 0.29) is 11.5 Å². The minimum atomic E-state index is -4.52. The van der Waals surface area contributed by atoms with Crippen LogP contribution in [0.3, 0.4) is 0 Å². The normalized spacial score (nSPS) is 14.2. The lowest BCUT2D eigenvalue weighted by Gasteiger charge is -2.35. The molecule has 1 N–H and O–H groups in total. The maximum atomic E-state index is 12.9. The Morgan fingerprint density at radius 1 is 0.848 bits per heavy atom. The fraction of sp³-hybridized carbons (Fsp3) is 0.208. The van der Waals surface area contributed by atoms with Gasteiger partial charge in [-0.25, -0.2) is 4.98 Å².